The van der Waals surface area contributed by atoms with Gasteiger partial charge in [-0.25, -0.2) is 9.97 Å². The Labute approximate surface area is 120 Å². The zero-order valence-corrected chi connectivity index (χ0v) is 13.2. The summed E-state index contributed by atoms with van der Waals surface area (Å²) in [6, 6.07) is 2.05. The van der Waals surface area contributed by atoms with Crippen molar-refractivity contribution >= 4 is 23.4 Å². The van der Waals surface area contributed by atoms with Gasteiger partial charge in [0.15, 0.2) is 5.16 Å². The number of nitrogens with one attached hydrogen (secondary N) is 1. The maximum Gasteiger partial charge on any atom is 0.191 e. The summed E-state index contributed by atoms with van der Waals surface area (Å²) in [5.41, 5.74) is 0.512. The minimum atomic E-state index is 0.512. The van der Waals surface area contributed by atoms with E-state index in [0.29, 0.717) is 5.41 Å². The zero-order valence-electron chi connectivity index (χ0n) is 12.4. The van der Waals surface area contributed by atoms with Crippen molar-refractivity contribution in [3.05, 3.63) is 6.07 Å². The summed E-state index contributed by atoms with van der Waals surface area (Å²) in [5.74, 6) is 1.96. The molecule has 0 amide bonds. The Morgan fingerprint density at radius 3 is 2.58 bits per heavy atom. The fourth-order valence-corrected chi connectivity index (χ4v) is 2.80. The fourth-order valence-electron chi connectivity index (χ4n) is 2.42. The Morgan fingerprint density at radius 1 is 1.37 bits per heavy atom. The molecule has 1 saturated heterocycles. The van der Waals surface area contributed by atoms with Crippen LogP contribution in [0.25, 0.3) is 0 Å². The lowest BCUT2D eigenvalue weighted by Crippen LogP contribution is -2.39. The van der Waals surface area contributed by atoms with Crippen LogP contribution in [0.1, 0.15) is 33.1 Å². The number of anilines is 2. The minimum Gasteiger partial charge on any atom is -0.373 e. The monoisotopic (exact) mass is 280 g/mol. The summed E-state index contributed by atoms with van der Waals surface area (Å²) < 4.78 is 0. The van der Waals surface area contributed by atoms with E-state index in [2.05, 4.69) is 34.0 Å². The van der Waals surface area contributed by atoms with Gasteiger partial charge in [-0.3, -0.25) is 0 Å². The molecule has 1 aliphatic rings. The zero-order chi connectivity index (χ0) is 13.9. The number of aromatic nitrogens is 2. The van der Waals surface area contributed by atoms with Gasteiger partial charge in [-0.05, 0) is 24.5 Å². The Kier molecular flexibility index (Phi) is 4.55. The Bertz CT molecular complexity index is 405. The summed E-state index contributed by atoms with van der Waals surface area (Å²) in [6.07, 6.45) is 5.78. The number of piperidine rings is 1. The molecule has 1 aliphatic heterocycles. The molecule has 0 atom stereocenters. The molecule has 2 heterocycles. The van der Waals surface area contributed by atoms with Crippen LogP contribution in [0, 0.1) is 5.41 Å². The largest absolute Gasteiger partial charge is 0.373 e. The number of thioether (sulfide) groups is 1. The van der Waals surface area contributed by atoms with E-state index < -0.39 is 0 Å². The Morgan fingerprint density at radius 2 is 2.05 bits per heavy atom. The van der Waals surface area contributed by atoms with E-state index in [0.717, 1.165) is 29.9 Å². The number of rotatable bonds is 4. The molecule has 4 nitrogen and oxygen atoms in total. The van der Waals surface area contributed by atoms with E-state index >= 15 is 0 Å². The SMILES string of the molecule is CCC1(C)CCN(c2cc(NC)nc(SC)n2)CC1. The third kappa shape index (κ3) is 3.32. The van der Waals surface area contributed by atoms with Crippen LogP contribution in [0.5, 0.6) is 0 Å². The molecule has 0 saturated carbocycles. The van der Waals surface area contributed by atoms with Crippen LogP contribution in [0.3, 0.4) is 0 Å². The fraction of sp³-hybridized carbons (Fsp3) is 0.714. The van der Waals surface area contributed by atoms with E-state index in [1.807, 2.05) is 19.4 Å². The summed E-state index contributed by atoms with van der Waals surface area (Å²) in [5, 5.41) is 3.96. The Balaban J connectivity index is 2.14. The molecule has 106 valence electrons. The van der Waals surface area contributed by atoms with Gasteiger partial charge in [-0.1, -0.05) is 32.0 Å². The first-order chi connectivity index (χ1) is 9.10. The molecule has 1 aromatic rings. The van der Waals surface area contributed by atoms with E-state index in [4.69, 9.17) is 0 Å². The van der Waals surface area contributed by atoms with Gasteiger partial charge >= 0.3 is 0 Å². The summed E-state index contributed by atoms with van der Waals surface area (Å²) in [7, 11) is 1.90. The Hall–Kier alpha value is -0.970. The van der Waals surface area contributed by atoms with E-state index in [1.54, 1.807) is 11.8 Å². The molecule has 0 unspecified atom stereocenters. The van der Waals surface area contributed by atoms with Crippen molar-refractivity contribution in [1.29, 1.82) is 0 Å². The number of hydrogen-bond acceptors (Lipinski definition) is 5. The highest BCUT2D eigenvalue weighted by Gasteiger charge is 2.29. The van der Waals surface area contributed by atoms with Crippen molar-refractivity contribution in [3.8, 4) is 0 Å². The second kappa shape index (κ2) is 5.99. The lowest BCUT2D eigenvalue weighted by molar-refractivity contribution is 0.237. The quantitative estimate of drug-likeness (QED) is 0.677. The van der Waals surface area contributed by atoms with Crippen molar-refractivity contribution in [2.45, 2.75) is 38.3 Å². The maximum absolute atomic E-state index is 4.63. The minimum absolute atomic E-state index is 0.512. The second-order valence-electron chi connectivity index (χ2n) is 5.50. The van der Waals surface area contributed by atoms with E-state index in [9.17, 15) is 0 Å². The average Bonchev–Trinajstić information content (AvgIpc) is 2.47. The molecule has 2 rings (SSSR count). The number of nitrogens with zero attached hydrogens (tertiary/aromatic N) is 3. The first-order valence-corrected chi connectivity index (χ1v) is 8.18. The van der Waals surface area contributed by atoms with Crippen LogP contribution in [-0.4, -0.2) is 36.4 Å². The van der Waals surface area contributed by atoms with Crippen molar-refractivity contribution in [2.24, 2.45) is 5.41 Å². The van der Waals surface area contributed by atoms with Gasteiger partial charge in [-0.15, -0.1) is 0 Å². The molecule has 0 bridgehead atoms. The van der Waals surface area contributed by atoms with Crippen LogP contribution in [0.4, 0.5) is 11.6 Å². The van der Waals surface area contributed by atoms with Crippen LogP contribution >= 0.6 is 11.8 Å². The van der Waals surface area contributed by atoms with E-state index in [-0.39, 0.29) is 0 Å². The van der Waals surface area contributed by atoms with Gasteiger partial charge in [0, 0.05) is 26.2 Å². The molecule has 5 heteroatoms. The predicted molar refractivity (Wildman–Crippen MR) is 83.2 cm³/mol. The highest BCUT2D eigenvalue weighted by Crippen LogP contribution is 2.35. The third-order valence-electron chi connectivity index (χ3n) is 4.28. The molecular formula is C14H24N4S. The van der Waals surface area contributed by atoms with Crippen LogP contribution in [0.2, 0.25) is 0 Å². The third-order valence-corrected chi connectivity index (χ3v) is 4.83. The topological polar surface area (TPSA) is 41.0 Å². The normalized spacial score (nSPS) is 18.4. The van der Waals surface area contributed by atoms with Crippen molar-refractivity contribution in [2.75, 3.05) is 36.6 Å². The highest BCUT2D eigenvalue weighted by atomic mass is 32.2. The van der Waals surface area contributed by atoms with Gasteiger partial charge in [-0.2, -0.15) is 0 Å². The van der Waals surface area contributed by atoms with Gasteiger partial charge in [0.25, 0.3) is 0 Å². The predicted octanol–water partition coefficient (Wildman–Crippen LogP) is 3.26. The second-order valence-corrected chi connectivity index (χ2v) is 6.27. The molecule has 1 N–H and O–H groups in total. The smallest absolute Gasteiger partial charge is 0.191 e. The molecular weight excluding hydrogens is 256 g/mol. The standard InChI is InChI=1S/C14H24N4S/c1-5-14(2)6-8-18(9-7-14)12-10-11(15-3)16-13(17-12)19-4/h10H,5-9H2,1-4H3,(H,15,16,17). The molecule has 0 aliphatic carbocycles. The molecule has 0 radical (unpaired) electrons. The molecule has 1 aromatic heterocycles. The highest BCUT2D eigenvalue weighted by molar-refractivity contribution is 7.98. The van der Waals surface area contributed by atoms with Gasteiger partial charge in [0.2, 0.25) is 0 Å². The molecule has 0 aromatic carbocycles. The summed E-state index contributed by atoms with van der Waals surface area (Å²) >= 11 is 1.59. The van der Waals surface area contributed by atoms with Crippen LogP contribution < -0.4 is 10.2 Å². The average molecular weight is 280 g/mol. The molecule has 0 spiro atoms. The van der Waals surface area contributed by atoms with E-state index in [1.165, 1.54) is 19.3 Å². The van der Waals surface area contributed by atoms with Crippen molar-refractivity contribution in [1.82, 2.24) is 9.97 Å². The summed E-state index contributed by atoms with van der Waals surface area (Å²) in [6.45, 7) is 6.89. The first-order valence-electron chi connectivity index (χ1n) is 6.96. The maximum atomic E-state index is 4.63. The van der Waals surface area contributed by atoms with Gasteiger partial charge in [0.1, 0.15) is 11.6 Å². The lowest BCUT2D eigenvalue weighted by atomic mass is 9.78. The molecule has 1 fully saturated rings. The van der Waals surface area contributed by atoms with Gasteiger partial charge in [0.05, 0.1) is 0 Å². The van der Waals surface area contributed by atoms with Crippen molar-refractivity contribution in [3.63, 3.8) is 0 Å². The summed E-state index contributed by atoms with van der Waals surface area (Å²) in [4.78, 5) is 11.4. The lowest BCUT2D eigenvalue weighted by Gasteiger charge is -2.39. The number of hydrogen-bond donors (Lipinski definition) is 1. The van der Waals surface area contributed by atoms with Crippen LogP contribution in [-0.2, 0) is 0 Å². The van der Waals surface area contributed by atoms with Crippen LogP contribution in [0.15, 0.2) is 11.2 Å². The van der Waals surface area contributed by atoms with Crippen molar-refractivity contribution < 1.29 is 0 Å². The first kappa shape index (κ1) is 14.4. The van der Waals surface area contributed by atoms with Gasteiger partial charge < -0.3 is 10.2 Å². The molecule has 19 heavy (non-hydrogen) atoms.